The van der Waals surface area contributed by atoms with E-state index >= 15 is 0 Å². The standard InChI is InChI=1S/C16H32N2O2/c1-8-20-12-9-16(17,15(12,6)7)13(19)18-10-14(4,5)11(2)3/h11-12H,8-10,17H2,1-7H3,(H,18,19). The Bertz CT molecular complexity index is 363. The summed E-state index contributed by atoms with van der Waals surface area (Å²) in [6.07, 6.45) is 0.670. The Morgan fingerprint density at radius 2 is 2.00 bits per heavy atom. The van der Waals surface area contributed by atoms with Crippen molar-refractivity contribution in [3.05, 3.63) is 0 Å². The van der Waals surface area contributed by atoms with E-state index in [9.17, 15) is 4.79 Å². The van der Waals surface area contributed by atoms with Crippen molar-refractivity contribution in [2.75, 3.05) is 13.2 Å². The normalized spacial score (nSPS) is 29.1. The second-order valence-corrected chi connectivity index (χ2v) is 7.67. The van der Waals surface area contributed by atoms with Crippen LogP contribution in [-0.2, 0) is 9.53 Å². The van der Waals surface area contributed by atoms with Crippen molar-refractivity contribution < 1.29 is 9.53 Å². The highest BCUT2D eigenvalue weighted by Gasteiger charge is 2.62. The number of carbonyl (C=O) groups is 1. The summed E-state index contributed by atoms with van der Waals surface area (Å²) in [5.74, 6) is 0.453. The fourth-order valence-corrected chi connectivity index (χ4v) is 2.49. The van der Waals surface area contributed by atoms with Crippen LogP contribution in [0.4, 0.5) is 0 Å². The van der Waals surface area contributed by atoms with Crippen molar-refractivity contribution in [2.45, 2.75) is 66.5 Å². The summed E-state index contributed by atoms with van der Waals surface area (Å²) in [6.45, 7) is 16.0. The highest BCUT2D eigenvalue weighted by molar-refractivity contribution is 5.88. The minimum atomic E-state index is -0.820. The molecule has 2 atom stereocenters. The van der Waals surface area contributed by atoms with Crippen LogP contribution >= 0.6 is 0 Å². The Labute approximate surface area is 123 Å². The lowest BCUT2D eigenvalue weighted by Crippen LogP contribution is -2.76. The molecule has 0 aromatic rings. The molecule has 0 aliphatic heterocycles. The summed E-state index contributed by atoms with van der Waals surface area (Å²) in [5, 5.41) is 3.05. The first-order valence-corrected chi connectivity index (χ1v) is 7.68. The van der Waals surface area contributed by atoms with Crippen LogP contribution in [0, 0.1) is 16.7 Å². The third kappa shape index (κ3) is 2.86. The highest BCUT2D eigenvalue weighted by Crippen LogP contribution is 2.49. The van der Waals surface area contributed by atoms with Crippen molar-refractivity contribution in [1.82, 2.24) is 5.32 Å². The average molecular weight is 284 g/mol. The van der Waals surface area contributed by atoms with Crippen LogP contribution < -0.4 is 11.1 Å². The molecule has 0 heterocycles. The number of hydrogen-bond donors (Lipinski definition) is 2. The van der Waals surface area contributed by atoms with E-state index in [1.165, 1.54) is 0 Å². The molecule has 0 aromatic carbocycles. The van der Waals surface area contributed by atoms with Crippen molar-refractivity contribution in [3.8, 4) is 0 Å². The third-order valence-electron chi connectivity index (χ3n) is 5.50. The zero-order valence-electron chi connectivity index (χ0n) is 14.2. The number of nitrogens with one attached hydrogen (secondary N) is 1. The minimum Gasteiger partial charge on any atom is -0.378 e. The Hall–Kier alpha value is -0.610. The molecule has 20 heavy (non-hydrogen) atoms. The molecule has 0 saturated heterocycles. The Kier molecular flexibility index (Phi) is 4.92. The number of amides is 1. The molecule has 0 spiro atoms. The highest BCUT2D eigenvalue weighted by atomic mass is 16.5. The van der Waals surface area contributed by atoms with Gasteiger partial charge in [-0.25, -0.2) is 0 Å². The molecule has 4 nitrogen and oxygen atoms in total. The molecule has 1 saturated carbocycles. The molecule has 1 aliphatic carbocycles. The Morgan fingerprint density at radius 1 is 1.45 bits per heavy atom. The van der Waals surface area contributed by atoms with Gasteiger partial charge in [0, 0.05) is 25.0 Å². The molecule has 118 valence electrons. The molecule has 0 aromatic heterocycles. The fraction of sp³-hybridized carbons (Fsp3) is 0.938. The second kappa shape index (κ2) is 5.64. The zero-order chi connectivity index (χ0) is 15.8. The largest absolute Gasteiger partial charge is 0.378 e. The summed E-state index contributed by atoms with van der Waals surface area (Å²) in [7, 11) is 0. The maximum atomic E-state index is 12.5. The Balaban J connectivity index is 2.65. The monoisotopic (exact) mass is 284 g/mol. The quantitative estimate of drug-likeness (QED) is 0.786. The van der Waals surface area contributed by atoms with E-state index in [0.717, 1.165) is 0 Å². The third-order valence-corrected chi connectivity index (χ3v) is 5.50. The molecule has 2 unspecified atom stereocenters. The molecular formula is C16H32N2O2. The fourth-order valence-electron chi connectivity index (χ4n) is 2.49. The van der Waals surface area contributed by atoms with Crippen molar-refractivity contribution in [2.24, 2.45) is 22.5 Å². The van der Waals surface area contributed by atoms with Gasteiger partial charge in [0.05, 0.1) is 6.10 Å². The zero-order valence-corrected chi connectivity index (χ0v) is 14.2. The van der Waals surface area contributed by atoms with E-state index in [0.29, 0.717) is 25.5 Å². The lowest BCUT2D eigenvalue weighted by Gasteiger charge is -2.57. The van der Waals surface area contributed by atoms with Gasteiger partial charge in [0.1, 0.15) is 5.54 Å². The first kappa shape index (κ1) is 17.4. The molecule has 0 bridgehead atoms. The molecule has 4 heteroatoms. The first-order chi connectivity index (χ1) is 8.99. The van der Waals surface area contributed by atoms with Gasteiger partial charge in [0.25, 0.3) is 0 Å². The molecule has 1 amide bonds. The van der Waals surface area contributed by atoms with Crippen LogP contribution in [0.2, 0.25) is 0 Å². The maximum absolute atomic E-state index is 12.5. The smallest absolute Gasteiger partial charge is 0.240 e. The van der Waals surface area contributed by atoms with Crippen LogP contribution in [0.1, 0.15) is 54.9 Å². The number of carbonyl (C=O) groups excluding carboxylic acids is 1. The van der Waals surface area contributed by atoms with Gasteiger partial charge in [-0.05, 0) is 18.3 Å². The average Bonchev–Trinajstić information content (AvgIpc) is 2.35. The minimum absolute atomic E-state index is 0.0489. The van der Waals surface area contributed by atoms with E-state index in [1.807, 2.05) is 20.8 Å². The number of rotatable bonds is 6. The van der Waals surface area contributed by atoms with Gasteiger partial charge in [-0.15, -0.1) is 0 Å². The van der Waals surface area contributed by atoms with Gasteiger partial charge >= 0.3 is 0 Å². The number of hydrogen-bond acceptors (Lipinski definition) is 3. The van der Waals surface area contributed by atoms with Gasteiger partial charge in [-0.3, -0.25) is 4.79 Å². The first-order valence-electron chi connectivity index (χ1n) is 7.68. The molecular weight excluding hydrogens is 252 g/mol. The van der Waals surface area contributed by atoms with Crippen molar-refractivity contribution >= 4 is 5.91 Å². The van der Waals surface area contributed by atoms with Crippen molar-refractivity contribution in [3.63, 3.8) is 0 Å². The van der Waals surface area contributed by atoms with Crippen LogP contribution in [-0.4, -0.2) is 30.7 Å². The van der Waals surface area contributed by atoms with Gasteiger partial charge in [-0.2, -0.15) is 0 Å². The molecule has 0 radical (unpaired) electrons. The summed E-state index contributed by atoms with van der Waals surface area (Å²) in [6, 6.07) is 0. The van der Waals surface area contributed by atoms with Crippen LogP contribution in [0.25, 0.3) is 0 Å². The van der Waals surface area contributed by atoms with E-state index in [2.05, 4.69) is 33.0 Å². The topological polar surface area (TPSA) is 64.3 Å². The van der Waals surface area contributed by atoms with Crippen LogP contribution in [0.3, 0.4) is 0 Å². The predicted octanol–water partition coefficient (Wildman–Crippen LogP) is 2.32. The second-order valence-electron chi connectivity index (χ2n) is 7.67. The van der Waals surface area contributed by atoms with E-state index in [-0.39, 0.29) is 22.8 Å². The summed E-state index contributed by atoms with van der Waals surface area (Å²) < 4.78 is 5.66. The van der Waals surface area contributed by atoms with Crippen molar-refractivity contribution in [1.29, 1.82) is 0 Å². The number of nitrogens with two attached hydrogens (primary N) is 1. The van der Waals surface area contributed by atoms with Crippen LogP contribution in [0.5, 0.6) is 0 Å². The molecule has 3 N–H and O–H groups in total. The van der Waals surface area contributed by atoms with Gasteiger partial charge in [0.2, 0.25) is 5.91 Å². The molecule has 1 aliphatic rings. The van der Waals surface area contributed by atoms with E-state index in [4.69, 9.17) is 10.5 Å². The molecule has 1 rings (SSSR count). The van der Waals surface area contributed by atoms with Gasteiger partial charge in [0.15, 0.2) is 0 Å². The van der Waals surface area contributed by atoms with E-state index < -0.39 is 5.54 Å². The Morgan fingerprint density at radius 3 is 2.40 bits per heavy atom. The van der Waals surface area contributed by atoms with E-state index in [1.54, 1.807) is 0 Å². The summed E-state index contributed by atoms with van der Waals surface area (Å²) >= 11 is 0. The lowest BCUT2D eigenvalue weighted by atomic mass is 9.54. The van der Waals surface area contributed by atoms with Crippen LogP contribution in [0.15, 0.2) is 0 Å². The van der Waals surface area contributed by atoms with Gasteiger partial charge < -0.3 is 15.8 Å². The summed E-state index contributed by atoms with van der Waals surface area (Å²) in [5.41, 5.74) is 5.28. The number of ether oxygens (including phenoxy) is 1. The lowest BCUT2D eigenvalue weighted by molar-refractivity contribution is -0.171. The predicted molar refractivity (Wildman–Crippen MR) is 82.4 cm³/mol. The van der Waals surface area contributed by atoms with Gasteiger partial charge in [-0.1, -0.05) is 41.5 Å². The SMILES string of the molecule is CCOC1CC(N)(C(=O)NCC(C)(C)C(C)C)C1(C)C. The summed E-state index contributed by atoms with van der Waals surface area (Å²) in [4.78, 5) is 12.5. The maximum Gasteiger partial charge on any atom is 0.240 e. The molecule has 1 fully saturated rings.